The molecule has 94 valence electrons. The number of carbonyl (C=O) groups excluding carboxylic acids is 1. The number of phenols is 2. The van der Waals surface area contributed by atoms with E-state index in [0.29, 0.717) is 12.5 Å². The lowest BCUT2D eigenvalue weighted by Crippen LogP contribution is -2.31. The summed E-state index contributed by atoms with van der Waals surface area (Å²) in [5, 5.41) is 21.3. The first-order chi connectivity index (χ1) is 7.91. The Kier molecular flexibility index (Phi) is 4.81. The van der Waals surface area contributed by atoms with Crippen molar-refractivity contribution in [2.24, 2.45) is 5.92 Å². The van der Waals surface area contributed by atoms with Gasteiger partial charge in [-0.2, -0.15) is 0 Å². The summed E-state index contributed by atoms with van der Waals surface area (Å²) in [6, 6.07) is 3.89. The third-order valence-corrected chi connectivity index (χ3v) is 3.79. The molecule has 1 rings (SSSR count). The van der Waals surface area contributed by atoms with E-state index in [1.807, 2.05) is 13.8 Å². The number of benzene rings is 1. The highest BCUT2D eigenvalue weighted by molar-refractivity contribution is 9.09. The molecule has 3 N–H and O–H groups in total. The molecule has 1 atom stereocenters. The van der Waals surface area contributed by atoms with Crippen molar-refractivity contribution in [3.63, 3.8) is 0 Å². The van der Waals surface area contributed by atoms with Gasteiger partial charge in [0.2, 0.25) is 0 Å². The molecule has 0 saturated carbocycles. The Morgan fingerprint density at radius 3 is 2.59 bits per heavy atom. The third-order valence-electron chi connectivity index (χ3n) is 2.41. The molecule has 0 bridgehead atoms. The zero-order valence-electron chi connectivity index (χ0n) is 9.77. The first-order valence-electron chi connectivity index (χ1n) is 5.36. The lowest BCUT2D eigenvalue weighted by atomic mass is 10.1. The molecule has 0 aliphatic heterocycles. The highest BCUT2D eigenvalue weighted by Crippen LogP contribution is 2.22. The monoisotopic (exact) mass is 301 g/mol. The molecule has 0 radical (unpaired) electrons. The normalized spacial score (nSPS) is 12.5. The minimum atomic E-state index is -0.354. The smallest absolute Gasteiger partial charge is 0.255 e. The second kappa shape index (κ2) is 5.91. The first kappa shape index (κ1) is 13.8. The molecule has 0 aromatic heterocycles. The number of rotatable bonds is 4. The minimum absolute atomic E-state index is 0.0698. The maximum Gasteiger partial charge on any atom is 0.255 e. The molecule has 0 saturated heterocycles. The molecule has 0 aliphatic rings. The van der Waals surface area contributed by atoms with Gasteiger partial charge in [0.1, 0.15) is 11.5 Å². The predicted octanol–water partition coefficient (Wildman–Crippen LogP) is 2.25. The number of aromatic hydroxyl groups is 2. The van der Waals surface area contributed by atoms with E-state index in [1.165, 1.54) is 12.1 Å². The van der Waals surface area contributed by atoms with Crippen LogP contribution in [0.2, 0.25) is 0 Å². The molecular formula is C12H16BrNO3. The highest BCUT2D eigenvalue weighted by atomic mass is 79.9. The molecule has 1 aromatic carbocycles. The van der Waals surface area contributed by atoms with Crippen LogP contribution in [0.5, 0.6) is 11.5 Å². The van der Waals surface area contributed by atoms with Gasteiger partial charge in [-0.3, -0.25) is 4.79 Å². The van der Waals surface area contributed by atoms with Gasteiger partial charge in [-0.25, -0.2) is 0 Å². The summed E-state index contributed by atoms with van der Waals surface area (Å²) in [7, 11) is 0. The van der Waals surface area contributed by atoms with E-state index < -0.39 is 0 Å². The van der Waals surface area contributed by atoms with E-state index in [-0.39, 0.29) is 27.8 Å². The Bertz CT molecular complexity index is 407. The zero-order valence-corrected chi connectivity index (χ0v) is 11.4. The van der Waals surface area contributed by atoms with E-state index in [2.05, 4.69) is 21.2 Å². The topological polar surface area (TPSA) is 69.6 Å². The minimum Gasteiger partial charge on any atom is -0.508 e. The SMILES string of the molecule is CC(C)C(Br)CNC(=O)c1ccc(O)cc1O. The summed E-state index contributed by atoms with van der Waals surface area (Å²) in [5.41, 5.74) is 0.159. The van der Waals surface area contributed by atoms with Crippen molar-refractivity contribution < 1.29 is 15.0 Å². The molecule has 0 heterocycles. The van der Waals surface area contributed by atoms with E-state index in [1.54, 1.807) is 0 Å². The van der Waals surface area contributed by atoms with Gasteiger partial charge in [-0.05, 0) is 18.1 Å². The molecule has 1 aromatic rings. The third kappa shape index (κ3) is 3.93. The average Bonchev–Trinajstić information content (AvgIpc) is 2.25. The first-order valence-corrected chi connectivity index (χ1v) is 6.27. The van der Waals surface area contributed by atoms with E-state index in [4.69, 9.17) is 5.11 Å². The van der Waals surface area contributed by atoms with Gasteiger partial charge in [-0.1, -0.05) is 29.8 Å². The lowest BCUT2D eigenvalue weighted by molar-refractivity contribution is 0.0950. The van der Waals surface area contributed by atoms with Crippen molar-refractivity contribution >= 4 is 21.8 Å². The van der Waals surface area contributed by atoms with Crippen LogP contribution in [-0.4, -0.2) is 27.5 Å². The fraction of sp³-hybridized carbons (Fsp3) is 0.417. The molecule has 0 fully saturated rings. The largest absolute Gasteiger partial charge is 0.508 e. The summed E-state index contributed by atoms with van der Waals surface area (Å²) >= 11 is 3.46. The fourth-order valence-electron chi connectivity index (χ4n) is 1.23. The van der Waals surface area contributed by atoms with Crippen LogP contribution in [0.25, 0.3) is 0 Å². The Hall–Kier alpha value is -1.23. The highest BCUT2D eigenvalue weighted by Gasteiger charge is 2.14. The van der Waals surface area contributed by atoms with Gasteiger partial charge in [0, 0.05) is 17.4 Å². The number of hydrogen-bond donors (Lipinski definition) is 3. The van der Waals surface area contributed by atoms with Crippen molar-refractivity contribution in [2.45, 2.75) is 18.7 Å². The van der Waals surface area contributed by atoms with E-state index >= 15 is 0 Å². The Morgan fingerprint density at radius 2 is 2.06 bits per heavy atom. The molecule has 4 nitrogen and oxygen atoms in total. The zero-order chi connectivity index (χ0) is 13.0. The number of amides is 1. The molecule has 1 unspecified atom stereocenters. The van der Waals surface area contributed by atoms with Crippen molar-refractivity contribution in [3.05, 3.63) is 23.8 Å². The fourth-order valence-corrected chi connectivity index (χ4v) is 1.40. The lowest BCUT2D eigenvalue weighted by Gasteiger charge is -2.14. The van der Waals surface area contributed by atoms with Crippen LogP contribution in [0.3, 0.4) is 0 Å². The number of alkyl halides is 1. The van der Waals surface area contributed by atoms with Crippen molar-refractivity contribution in [1.29, 1.82) is 0 Å². The summed E-state index contributed by atoms with van der Waals surface area (Å²) in [5.74, 6) is -0.242. The maximum atomic E-state index is 11.7. The van der Waals surface area contributed by atoms with Crippen LogP contribution in [0.4, 0.5) is 0 Å². The van der Waals surface area contributed by atoms with Crippen molar-refractivity contribution in [2.75, 3.05) is 6.54 Å². The average molecular weight is 302 g/mol. The van der Waals surface area contributed by atoms with Gasteiger partial charge in [0.25, 0.3) is 5.91 Å². The molecule has 5 heteroatoms. The van der Waals surface area contributed by atoms with Crippen LogP contribution < -0.4 is 5.32 Å². The van der Waals surface area contributed by atoms with Crippen molar-refractivity contribution in [1.82, 2.24) is 5.32 Å². The summed E-state index contributed by atoms with van der Waals surface area (Å²) < 4.78 is 0. The van der Waals surface area contributed by atoms with Gasteiger partial charge in [-0.15, -0.1) is 0 Å². The molecule has 0 aliphatic carbocycles. The summed E-state index contributed by atoms with van der Waals surface area (Å²) in [4.78, 5) is 11.9. The Labute approximate surface area is 109 Å². The second-order valence-corrected chi connectivity index (χ2v) is 5.35. The van der Waals surface area contributed by atoms with Crippen LogP contribution in [-0.2, 0) is 0 Å². The van der Waals surface area contributed by atoms with E-state index in [0.717, 1.165) is 6.07 Å². The molecule has 0 spiro atoms. The Balaban J connectivity index is 2.64. The van der Waals surface area contributed by atoms with Crippen molar-refractivity contribution in [3.8, 4) is 11.5 Å². The summed E-state index contributed by atoms with van der Waals surface area (Å²) in [6.45, 7) is 4.57. The van der Waals surface area contributed by atoms with Gasteiger partial charge >= 0.3 is 0 Å². The standard InChI is InChI=1S/C12H16BrNO3/c1-7(2)10(13)6-14-12(17)9-4-3-8(15)5-11(9)16/h3-5,7,10,15-16H,6H2,1-2H3,(H,14,17). The maximum absolute atomic E-state index is 11.7. The molecule has 1 amide bonds. The number of phenolic OH excluding ortho intramolecular Hbond substituents is 2. The quantitative estimate of drug-likeness (QED) is 0.747. The second-order valence-electron chi connectivity index (χ2n) is 4.17. The van der Waals surface area contributed by atoms with Crippen LogP contribution >= 0.6 is 15.9 Å². The predicted molar refractivity (Wildman–Crippen MR) is 69.7 cm³/mol. The summed E-state index contributed by atoms with van der Waals surface area (Å²) in [6.07, 6.45) is 0. The van der Waals surface area contributed by atoms with Crippen LogP contribution in [0.1, 0.15) is 24.2 Å². The molecule has 17 heavy (non-hydrogen) atoms. The number of carbonyl (C=O) groups is 1. The van der Waals surface area contributed by atoms with E-state index in [9.17, 15) is 9.90 Å². The van der Waals surface area contributed by atoms with Crippen LogP contribution in [0.15, 0.2) is 18.2 Å². The number of hydrogen-bond acceptors (Lipinski definition) is 3. The number of nitrogens with one attached hydrogen (secondary N) is 1. The Morgan fingerprint density at radius 1 is 1.41 bits per heavy atom. The van der Waals surface area contributed by atoms with Gasteiger partial charge < -0.3 is 15.5 Å². The van der Waals surface area contributed by atoms with Gasteiger partial charge in [0.05, 0.1) is 5.56 Å². The van der Waals surface area contributed by atoms with Crippen LogP contribution in [0, 0.1) is 5.92 Å². The molecular weight excluding hydrogens is 286 g/mol. The number of halogens is 1. The van der Waals surface area contributed by atoms with Gasteiger partial charge in [0.15, 0.2) is 0 Å².